The predicted molar refractivity (Wildman–Crippen MR) is 93.9 cm³/mol. The van der Waals surface area contributed by atoms with Gasteiger partial charge in [0, 0.05) is 18.7 Å². The van der Waals surface area contributed by atoms with Crippen LogP contribution in [0.5, 0.6) is 0 Å². The van der Waals surface area contributed by atoms with E-state index in [1.165, 1.54) is 18.1 Å². The van der Waals surface area contributed by atoms with Crippen molar-refractivity contribution in [3.63, 3.8) is 0 Å². The van der Waals surface area contributed by atoms with Crippen LogP contribution < -0.4 is 5.32 Å². The largest absolute Gasteiger partial charge is 0.466 e. The van der Waals surface area contributed by atoms with Gasteiger partial charge in [0.2, 0.25) is 5.91 Å². The lowest BCUT2D eigenvalue weighted by molar-refractivity contribution is -0.135. The fourth-order valence-electron chi connectivity index (χ4n) is 2.43. The van der Waals surface area contributed by atoms with Crippen LogP contribution in [0.4, 0.5) is 4.79 Å². The summed E-state index contributed by atoms with van der Waals surface area (Å²) in [6, 6.07) is -0.830. The summed E-state index contributed by atoms with van der Waals surface area (Å²) in [7, 11) is 1.30. The maximum absolute atomic E-state index is 12.5. The maximum Gasteiger partial charge on any atom is 0.410 e. The number of carbonyl (C=O) groups excluding carboxylic acids is 3. The smallest absolute Gasteiger partial charge is 0.410 e. The molecule has 0 aromatic carbocycles. The van der Waals surface area contributed by atoms with Crippen molar-refractivity contribution in [3.8, 4) is 0 Å². The average molecular weight is 354 g/mol. The molecule has 0 aromatic rings. The third-order valence-corrected chi connectivity index (χ3v) is 3.67. The first-order chi connectivity index (χ1) is 11.5. The molecule has 2 amide bonds. The van der Waals surface area contributed by atoms with E-state index in [0.717, 1.165) is 0 Å². The highest BCUT2D eigenvalue weighted by molar-refractivity contribution is 5.88. The molecule has 1 aliphatic rings. The van der Waals surface area contributed by atoms with Crippen molar-refractivity contribution in [2.75, 3.05) is 13.7 Å². The predicted octanol–water partition coefficient (Wildman–Crippen LogP) is 2.26. The molecule has 1 saturated heterocycles. The first kappa shape index (κ1) is 21.0. The monoisotopic (exact) mass is 354 g/mol. The van der Waals surface area contributed by atoms with Gasteiger partial charge in [-0.25, -0.2) is 9.59 Å². The van der Waals surface area contributed by atoms with E-state index in [-0.39, 0.29) is 11.9 Å². The fourth-order valence-corrected chi connectivity index (χ4v) is 2.43. The minimum Gasteiger partial charge on any atom is -0.466 e. The molecule has 1 N–H and O–H groups in total. The van der Waals surface area contributed by atoms with Crippen molar-refractivity contribution >= 4 is 18.0 Å². The van der Waals surface area contributed by atoms with Gasteiger partial charge >= 0.3 is 12.1 Å². The Labute approximate surface area is 149 Å². The SMILES string of the molecule is COC(=O)/C=C/[C@H](CC(C)C)NC(=O)C1CCN1C(=O)OC(C)(C)C. The highest BCUT2D eigenvalue weighted by Crippen LogP contribution is 2.22. The third kappa shape index (κ3) is 7.15. The first-order valence-corrected chi connectivity index (χ1v) is 8.59. The molecule has 0 radical (unpaired) electrons. The molecule has 7 nitrogen and oxygen atoms in total. The van der Waals surface area contributed by atoms with Crippen LogP contribution in [-0.4, -0.2) is 54.2 Å². The van der Waals surface area contributed by atoms with E-state index in [0.29, 0.717) is 25.3 Å². The summed E-state index contributed by atoms with van der Waals surface area (Å²) < 4.78 is 9.89. The zero-order valence-electron chi connectivity index (χ0n) is 16.0. The van der Waals surface area contributed by atoms with Crippen molar-refractivity contribution in [2.24, 2.45) is 5.92 Å². The van der Waals surface area contributed by atoms with Gasteiger partial charge in [-0.3, -0.25) is 9.69 Å². The lowest BCUT2D eigenvalue weighted by Gasteiger charge is -2.40. The second-order valence-electron chi connectivity index (χ2n) is 7.61. The van der Waals surface area contributed by atoms with Gasteiger partial charge in [0.25, 0.3) is 0 Å². The third-order valence-electron chi connectivity index (χ3n) is 3.67. The van der Waals surface area contributed by atoms with Crippen LogP contribution in [0.2, 0.25) is 0 Å². The van der Waals surface area contributed by atoms with E-state index in [1.807, 2.05) is 13.8 Å². The molecule has 2 atom stereocenters. The van der Waals surface area contributed by atoms with E-state index < -0.39 is 23.7 Å². The number of ether oxygens (including phenoxy) is 2. The number of amides is 2. The van der Waals surface area contributed by atoms with E-state index in [4.69, 9.17) is 4.74 Å². The van der Waals surface area contributed by atoms with Crippen LogP contribution in [0, 0.1) is 5.92 Å². The Morgan fingerprint density at radius 1 is 1.28 bits per heavy atom. The molecular formula is C18H30N2O5. The van der Waals surface area contributed by atoms with Crippen LogP contribution in [0.25, 0.3) is 0 Å². The lowest BCUT2D eigenvalue weighted by atomic mass is 10.00. The summed E-state index contributed by atoms with van der Waals surface area (Å²) in [5.74, 6) is -0.379. The summed E-state index contributed by atoms with van der Waals surface area (Å²) in [6.45, 7) is 9.92. The minimum atomic E-state index is -0.600. The molecule has 1 unspecified atom stereocenters. The molecule has 1 rings (SSSR count). The Hall–Kier alpha value is -2.05. The van der Waals surface area contributed by atoms with Gasteiger partial charge in [-0.2, -0.15) is 0 Å². The standard InChI is InChI=1S/C18H30N2O5/c1-12(2)11-13(7-8-15(21)24-6)19-16(22)14-9-10-20(14)17(23)25-18(3,4)5/h7-8,12-14H,9-11H2,1-6H3,(H,19,22)/b8-7+/t13-,14?/m1/s1. The van der Waals surface area contributed by atoms with Gasteiger partial charge in [0.15, 0.2) is 0 Å². The number of likely N-dealkylation sites (tertiary alicyclic amines) is 1. The van der Waals surface area contributed by atoms with Crippen LogP contribution >= 0.6 is 0 Å². The van der Waals surface area contributed by atoms with E-state index in [2.05, 4.69) is 10.1 Å². The molecule has 1 heterocycles. The number of nitrogens with one attached hydrogen (secondary N) is 1. The Morgan fingerprint density at radius 3 is 2.36 bits per heavy atom. The number of methoxy groups -OCH3 is 1. The van der Waals surface area contributed by atoms with Gasteiger partial charge in [-0.15, -0.1) is 0 Å². The summed E-state index contributed by atoms with van der Waals surface area (Å²) in [4.78, 5) is 37.3. The topological polar surface area (TPSA) is 84.9 Å². The Kier molecular flexibility index (Phi) is 7.45. The number of esters is 1. The maximum atomic E-state index is 12.5. The lowest BCUT2D eigenvalue weighted by Crippen LogP contribution is -2.60. The van der Waals surface area contributed by atoms with E-state index in [9.17, 15) is 14.4 Å². The summed E-state index contributed by atoms with van der Waals surface area (Å²) in [5.41, 5.74) is -0.600. The van der Waals surface area contributed by atoms with E-state index >= 15 is 0 Å². The molecule has 0 spiro atoms. The van der Waals surface area contributed by atoms with Gasteiger partial charge in [-0.1, -0.05) is 19.9 Å². The normalized spacial score (nSPS) is 18.7. The van der Waals surface area contributed by atoms with Crippen LogP contribution in [0.1, 0.15) is 47.5 Å². The molecule has 7 heteroatoms. The van der Waals surface area contributed by atoms with Gasteiger partial charge < -0.3 is 14.8 Å². The van der Waals surface area contributed by atoms with Crippen molar-refractivity contribution < 1.29 is 23.9 Å². The summed E-state index contributed by atoms with van der Waals surface area (Å²) in [6.07, 6.45) is 3.72. The molecule has 0 saturated carbocycles. The Bertz CT molecular complexity index is 522. The number of hydrogen-bond donors (Lipinski definition) is 1. The zero-order chi connectivity index (χ0) is 19.2. The Morgan fingerprint density at radius 2 is 1.92 bits per heavy atom. The fraction of sp³-hybridized carbons (Fsp3) is 0.722. The van der Waals surface area contributed by atoms with Crippen molar-refractivity contribution in [1.29, 1.82) is 0 Å². The summed E-state index contributed by atoms with van der Waals surface area (Å²) >= 11 is 0. The van der Waals surface area contributed by atoms with Gasteiger partial charge in [-0.05, 0) is 39.5 Å². The van der Waals surface area contributed by atoms with Gasteiger partial charge in [0.1, 0.15) is 11.6 Å². The number of rotatable bonds is 6. The molecule has 1 fully saturated rings. The van der Waals surface area contributed by atoms with Crippen molar-refractivity contribution in [3.05, 3.63) is 12.2 Å². The van der Waals surface area contributed by atoms with E-state index in [1.54, 1.807) is 26.8 Å². The molecule has 0 aromatic heterocycles. The second kappa shape index (κ2) is 8.87. The average Bonchev–Trinajstić information content (AvgIpc) is 2.40. The quantitative estimate of drug-likeness (QED) is 0.584. The number of nitrogens with zero attached hydrogens (tertiary/aromatic N) is 1. The minimum absolute atomic E-state index is 0.239. The molecular weight excluding hydrogens is 324 g/mol. The van der Waals surface area contributed by atoms with Gasteiger partial charge in [0.05, 0.1) is 7.11 Å². The molecule has 0 bridgehead atoms. The molecule has 142 valence electrons. The van der Waals surface area contributed by atoms with Crippen molar-refractivity contribution in [2.45, 2.75) is 65.1 Å². The van der Waals surface area contributed by atoms with Crippen LogP contribution in [0.3, 0.4) is 0 Å². The molecule has 25 heavy (non-hydrogen) atoms. The van der Waals surface area contributed by atoms with Crippen LogP contribution in [0.15, 0.2) is 12.2 Å². The van der Waals surface area contributed by atoms with Crippen molar-refractivity contribution in [1.82, 2.24) is 10.2 Å². The number of hydrogen-bond acceptors (Lipinski definition) is 5. The van der Waals surface area contributed by atoms with Crippen LogP contribution in [-0.2, 0) is 19.1 Å². The Balaban J connectivity index is 2.68. The second-order valence-corrected chi connectivity index (χ2v) is 7.61. The zero-order valence-corrected chi connectivity index (χ0v) is 16.0. The highest BCUT2D eigenvalue weighted by Gasteiger charge is 2.40. The highest BCUT2D eigenvalue weighted by atomic mass is 16.6. The molecule has 1 aliphatic heterocycles. The molecule has 0 aliphatic carbocycles. The summed E-state index contributed by atoms with van der Waals surface area (Å²) in [5, 5.41) is 2.89. The number of carbonyl (C=O) groups is 3. The first-order valence-electron chi connectivity index (χ1n) is 8.59.